The fourth-order valence-corrected chi connectivity index (χ4v) is 7.19. The maximum Gasteiger partial charge on any atom is 0.313 e. The van der Waals surface area contributed by atoms with Crippen LogP contribution in [0.5, 0.6) is 0 Å². The quantitative estimate of drug-likeness (QED) is 0.261. The van der Waals surface area contributed by atoms with Gasteiger partial charge in [-0.3, -0.25) is 14.4 Å². The Morgan fingerprint density at radius 1 is 1.18 bits per heavy atom. The molecule has 2 amide bonds. The van der Waals surface area contributed by atoms with Crippen molar-refractivity contribution in [2.75, 3.05) is 31.2 Å². The minimum absolute atomic E-state index is 0.0169. The standard InChI is InChI=1S/C32H38N2O6/c1-5-15-33(24-14-13-22-11-7-8-12-23(22)19-24)29(37)27-32-20-21(3)31(4,40-32)26(30(38)39-18-6-2)25(32)28(36)34(27)16-9-10-17-35/h5-8,11-14,19,21,25-27,35H,1-2,9-10,15-18,20H2,3-4H3/t21?,25-,26-,27?,31+,32?/m0/s1. The number of aliphatic hydroxyl groups is 1. The predicted octanol–water partition coefficient (Wildman–Crippen LogP) is 3.87. The third-order valence-electron chi connectivity index (χ3n) is 9.08. The number of nitrogens with zero attached hydrogens (tertiary/aromatic N) is 2. The van der Waals surface area contributed by atoms with E-state index in [9.17, 15) is 19.5 Å². The van der Waals surface area contributed by atoms with Crippen LogP contribution in [-0.4, -0.2) is 71.3 Å². The van der Waals surface area contributed by atoms with Crippen molar-refractivity contribution < 1.29 is 29.0 Å². The Morgan fingerprint density at radius 3 is 2.62 bits per heavy atom. The highest BCUT2D eigenvalue weighted by molar-refractivity contribution is 6.05. The summed E-state index contributed by atoms with van der Waals surface area (Å²) in [5.41, 5.74) is -1.42. The van der Waals surface area contributed by atoms with Crippen molar-refractivity contribution in [1.29, 1.82) is 0 Å². The first kappa shape index (κ1) is 28.1. The number of carbonyl (C=O) groups excluding carboxylic acids is 3. The van der Waals surface area contributed by atoms with Crippen LogP contribution >= 0.6 is 0 Å². The maximum absolute atomic E-state index is 14.7. The SMILES string of the molecule is C=CCOC(=O)[C@@H]1[C@H]2C(=O)N(CCCCO)C(C(=O)N(CC=C)c3ccc4ccccc4c3)C23CC(C)[C@@]1(C)O3. The fourth-order valence-electron chi connectivity index (χ4n) is 7.19. The number of rotatable bonds is 11. The van der Waals surface area contributed by atoms with Crippen molar-refractivity contribution in [3.63, 3.8) is 0 Å². The Kier molecular flexibility index (Phi) is 7.59. The van der Waals surface area contributed by atoms with Gasteiger partial charge in [0, 0.05) is 25.4 Å². The van der Waals surface area contributed by atoms with Crippen molar-refractivity contribution in [2.24, 2.45) is 17.8 Å². The number of likely N-dealkylation sites (tertiary alicyclic amines) is 1. The third-order valence-corrected chi connectivity index (χ3v) is 9.08. The first-order chi connectivity index (χ1) is 19.2. The monoisotopic (exact) mass is 546 g/mol. The molecule has 3 saturated heterocycles. The van der Waals surface area contributed by atoms with E-state index in [0.29, 0.717) is 24.9 Å². The minimum atomic E-state index is -1.17. The Hall–Kier alpha value is -3.49. The van der Waals surface area contributed by atoms with E-state index >= 15 is 0 Å². The Labute approximate surface area is 235 Å². The van der Waals surface area contributed by atoms with Gasteiger partial charge < -0.3 is 24.4 Å². The van der Waals surface area contributed by atoms with Crippen molar-refractivity contribution in [3.05, 3.63) is 67.8 Å². The number of fused-ring (bicyclic) bond motifs is 2. The Bertz CT molecular complexity index is 1340. The van der Waals surface area contributed by atoms with Crippen LogP contribution in [0.15, 0.2) is 67.8 Å². The van der Waals surface area contributed by atoms with Gasteiger partial charge in [0.1, 0.15) is 24.2 Å². The molecule has 3 unspecified atom stereocenters. The topological polar surface area (TPSA) is 96.4 Å². The first-order valence-corrected chi connectivity index (χ1v) is 14.0. The molecule has 3 aliphatic heterocycles. The highest BCUT2D eigenvalue weighted by Crippen LogP contribution is 2.65. The summed E-state index contributed by atoms with van der Waals surface area (Å²) in [5, 5.41) is 11.5. The number of esters is 1. The van der Waals surface area contributed by atoms with Crippen LogP contribution in [0.25, 0.3) is 10.8 Å². The van der Waals surface area contributed by atoms with Crippen LogP contribution in [0.1, 0.15) is 33.1 Å². The third kappa shape index (κ3) is 4.25. The number of anilines is 1. The molecule has 1 spiro atoms. The van der Waals surface area contributed by atoms with Crippen LogP contribution in [0.2, 0.25) is 0 Å². The molecule has 8 heteroatoms. The number of ether oxygens (including phenoxy) is 2. The van der Waals surface area contributed by atoms with Crippen LogP contribution in [0.4, 0.5) is 5.69 Å². The van der Waals surface area contributed by atoms with Crippen LogP contribution in [-0.2, 0) is 23.9 Å². The summed E-state index contributed by atoms with van der Waals surface area (Å²) in [6, 6.07) is 12.8. The van der Waals surface area contributed by atoms with Gasteiger partial charge in [0.05, 0.1) is 11.5 Å². The van der Waals surface area contributed by atoms with Crippen LogP contribution in [0.3, 0.4) is 0 Å². The summed E-state index contributed by atoms with van der Waals surface area (Å²) in [4.78, 5) is 45.5. The van der Waals surface area contributed by atoms with Gasteiger partial charge in [0.25, 0.3) is 5.91 Å². The molecule has 0 aliphatic carbocycles. The lowest BCUT2D eigenvalue weighted by Gasteiger charge is -2.37. The number of unbranched alkanes of at least 4 members (excludes halogenated alkanes) is 1. The number of hydrogen-bond donors (Lipinski definition) is 1. The molecule has 0 radical (unpaired) electrons. The van der Waals surface area contributed by atoms with E-state index in [-0.39, 0.29) is 44.0 Å². The molecule has 8 nitrogen and oxygen atoms in total. The second kappa shape index (κ2) is 10.8. The summed E-state index contributed by atoms with van der Waals surface area (Å²) in [6.45, 7) is 11.9. The summed E-state index contributed by atoms with van der Waals surface area (Å²) in [5.74, 6) is -2.81. The van der Waals surface area contributed by atoms with Crippen molar-refractivity contribution in [2.45, 2.75) is 50.4 Å². The molecule has 40 heavy (non-hydrogen) atoms. The van der Waals surface area contributed by atoms with Gasteiger partial charge in [-0.1, -0.05) is 56.0 Å². The van der Waals surface area contributed by atoms with Gasteiger partial charge >= 0.3 is 5.97 Å². The van der Waals surface area contributed by atoms with E-state index in [1.807, 2.05) is 56.3 Å². The van der Waals surface area contributed by atoms with Crippen molar-refractivity contribution >= 4 is 34.2 Å². The molecule has 2 bridgehead atoms. The fraction of sp³-hybridized carbons (Fsp3) is 0.469. The molecule has 1 N–H and O–H groups in total. The molecule has 3 aliphatic rings. The largest absolute Gasteiger partial charge is 0.461 e. The zero-order valence-electron chi connectivity index (χ0n) is 23.3. The van der Waals surface area contributed by atoms with E-state index in [4.69, 9.17) is 9.47 Å². The molecule has 3 heterocycles. The van der Waals surface area contributed by atoms with E-state index in [2.05, 4.69) is 13.2 Å². The van der Waals surface area contributed by atoms with Crippen molar-refractivity contribution in [1.82, 2.24) is 4.90 Å². The normalized spacial score (nSPS) is 30.4. The average molecular weight is 547 g/mol. The van der Waals surface area contributed by atoms with Gasteiger partial charge in [-0.2, -0.15) is 0 Å². The van der Waals surface area contributed by atoms with Crippen LogP contribution in [0, 0.1) is 17.8 Å². The summed E-state index contributed by atoms with van der Waals surface area (Å²) in [7, 11) is 0. The van der Waals surface area contributed by atoms with Gasteiger partial charge in [0.15, 0.2) is 0 Å². The molecule has 6 atom stereocenters. The highest BCUT2D eigenvalue weighted by Gasteiger charge is 2.80. The number of hydrogen-bond acceptors (Lipinski definition) is 6. The van der Waals surface area contributed by atoms with E-state index in [0.717, 1.165) is 10.8 Å². The highest BCUT2D eigenvalue weighted by atomic mass is 16.6. The Morgan fingerprint density at radius 2 is 1.93 bits per heavy atom. The molecule has 0 aromatic heterocycles. The molecule has 2 aromatic carbocycles. The zero-order chi connectivity index (χ0) is 28.7. The van der Waals surface area contributed by atoms with E-state index < -0.39 is 35.0 Å². The zero-order valence-corrected chi connectivity index (χ0v) is 23.3. The molecule has 3 fully saturated rings. The lowest BCUT2D eigenvalue weighted by atomic mass is 9.62. The van der Waals surface area contributed by atoms with E-state index in [1.54, 1.807) is 15.9 Å². The van der Waals surface area contributed by atoms with Gasteiger partial charge in [0.2, 0.25) is 5.91 Å². The molecular weight excluding hydrogens is 508 g/mol. The number of benzene rings is 2. The number of aliphatic hydroxyl groups excluding tert-OH is 1. The molecular formula is C32H38N2O6. The Balaban J connectivity index is 1.59. The molecule has 5 rings (SSSR count). The number of amides is 2. The van der Waals surface area contributed by atoms with Gasteiger partial charge in [-0.05, 0) is 55.0 Å². The average Bonchev–Trinajstić information content (AvgIpc) is 3.46. The summed E-state index contributed by atoms with van der Waals surface area (Å²) >= 11 is 0. The lowest BCUT2D eigenvalue weighted by Crippen LogP contribution is -2.57. The number of carbonyl (C=O) groups is 3. The second-order valence-corrected chi connectivity index (χ2v) is 11.4. The minimum Gasteiger partial charge on any atom is -0.461 e. The van der Waals surface area contributed by atoms with Crippen molar-refractivity contribution in [3.8, 4) is 0 Å². The van der Waals surface area contributed by atoms with Crippen LogP contribution < -0.4 is 4.90 Å². The van der Waals surface area contributed by atoms with E-state index in [1.165, 1.54) is 6.08 Å². The second-order valence-electron chi connectivity index (χ2n) is 11.4. The molecule has 212 valence electrons. The van der Waals surface area contributed by atoms with Gasteiger partial charge in [-0.15, -0.1) is 6.58 Å². The summed E-state index contributed by atoms with van der Waals surface area (Å²) < 4.78 is 12.2. The molecule has 2 aromatic rings. The smallest absolute Gasteiger partial charge is 0.313 e. The lowest BCUT2D eigenvalue weighted by molar-refractivity contribution is -0.160. The van der Waals surface area contributed by atoms with Gasteiger partial charge in [-0.25, -0.2) is 0 Å². The summed E-state index contributed by atoms with van der Waals surface area (Å²) in [6.07, 6.45) is 4.64. The predicted molar refractivity (Wildman–Crippen MR) is 152 cm³/mol. The first-order valence-electron chi connectivity index (χ1n) is 14.0. The maximum atomic E-state index is 14.7. The molecule has 0 saturated carbocycles.